The van der Waals surface area contributed by atoms with Gasteiger partial charge in [-0.2, -0.15) is 0 Å². The number of halogens is 1. The molecule has 0 unspecified atom stereocenters. The summed E-state index contributed by atoms with van der Waals surface area (Å²) in [5.74, 6) is -0.405. The molecule has 0 saturated carbocycles. The fourth-order valence-electron chi connectivity index (χ4n) is 2.15. The van der Waals surface area contributed by atoms with Crippen LogP contribution in [0.3, 0.4) is 0 Å². The number of ether oxygens (including phenoxy) is 1. The molecule has 0 atom stereocenters. The summed E-state index contributed by atoms with van der Waals surface area (Å²) in [4.78, 5) is 26.5. The third-order valence-electron chi connectivity index (χ3n) is 3.39. The summed E-state index contributed by atoms with van der Waals surface area (Å²) in [5.41, 5.74) is 2.03. The first kappa shape index (κ1) is 15.9. The third kappa shape index (κ3) is 3.18. The second-order valence-electron chi connectivity index (χ2n) is 5.17. The molecule has 0 aromatic heterocycles. The zero-order chi connectivity index (χ0) is 17.3. The van der Waals surface area contributed by atoms with Crippen molar-refractivity contribution >= 4 is 35.2 Å². The molecule has 120 valence electrons. The number of nitro groups is 1. The van der Waals surface area contributed by atoms with Gasteiger partial charge in [0.15, 0.2) is 5.70 Å². The van der Waals surface area contributed by atoms with Crippen molar-refractivity contribution in [1.82, 2.24) is 0 Å². The zero-order valence-corrected chi connectivity index (χ0v) is 13.3. The minimum Gasteiger partial charge on any atom is -0.402 e. The normalized spacial score (nSPS) is 15.3. The molecule has 6 nitrogen and oxygen atoms in total. The van der Waals surface area contributed by atoms with Crippen LogP contribution in [0.15, 0.2) is 53.2 Å². The first-order chi connectivity index (χ1) is 11.4. The van der Waals surface area contributed by atoms with Crippen molar-refractivity contribution in [3.05, 3.63) is 80.0 Å². The van der Waals surface area contributed by atoms with Crippen LogP contribution in [0, 0.1) is 17.0 Å². The number of benzene rings is 2. The van der Waals surface area contributed by atoms with E-state index in [1.54, 1.807) is 18.2 Å². The standard InChI is InChI=1S/C17H11ClN2O4/c1-10-2-5-12(6-3-10)16-19-14(17(21)24-16)8-11-4-7-13(18)15(9-11)20(22)23/h2-9H,1H3/b14-8-. The summed E-state index contributed by atoms with van der Waals surface area (Å²) in [7, 11) is 0. The Hall–Kier alpha value is -2.99. The molecule has 2 aromatic rings. The maximum Gasteiger partial charge on any atom is 0.363 e. The van der Waals surface area contributed by atoms with Gasteiger partial charge < -0.3 is 4.74 Å². The van der Waals surface area contributed by atoms with Crippen molar-refractivity contribution in [2.75, 3.05) is 0 Å². The van der Waals surface area contributed by atoms with Crippen LogP contribution in [-0.2, 0) is 9.53 Å². The van der Waals surface area contributed by atoms with Gasteiger partial charge in [-0.05, 0) is 36.8 Å². The second kappa shape index (κ2) is 6.25. The molecule has 7 heteroatoms. The van der Waals surface area contributed by atoms with Crippen LogP contribution in [0.25, 0.3) is 6.08 Å². The highest BCUT2D eigenvalue weighted by Crippen LogP contribution is 2.27. The van der Waals surface area contributed by atoms with E-state index >= 15 is 0 Å². The van der Waals surface area contributed by atoms with Crippen molar-refractivity contribution in [3.63, 3.8) is 0 Å². The van der Waals surface area contributed by atoms with E-state index in [-0.39, 0.29) is 22.3 Å². The molecule has 1 aliphatic heterocycles. The van der Waals surface area contributed by atoms with E-state index in [1.165, 1.54) is 18.2 Å². The van der Waals surface area contributed by atoms with Crippen molar-refractivity contribution in [2.24, 2.45) is 4.99 Å². The Morgan fingerprint density at radius 1 is 1.21 bits per heavy atom. The molecular weight excluding hydrogens is 332 g/mol. The number of carbonyl (C=O) groups is 1. The maximum absolute atomic E-state index is 12.0. The molecular formula is C17H11ClN2O4. The van der Waals surface area contributed by atoms with Crippen LogP contribution in [0.2, 0.25) is 5.02 Å². The molecule has 0 saturated heterocycles. The lowest BCUT2D eigenvalue weighted by atomic mass is 10.1. The fraction of sp³-hybridized carbons (Fsp3) is 0.0588. The number of aliphatic imine (C=N–C) groups is 1. The number of carbonyl (C=O) groups excluding carboxylic acids is 1. The number of esters is 1. The van der Waals surface area contributed by atoms with Crippen molar-refractivity contribution in [2.45, 2.75) is 6.92 Å². The first-order valence-electron chi connectivity index (χ1n) is 6.97. The van der Waals surface area contributed by atoms with Gasteiger partial charge in [-0.15, -0.1) is 0 Å². The van der Waals surface area contributed by atoms with E-state index < -0.39 is 10.9 Å². The summed E-state index contributed by atoms with van der Waals surface area (Å²) in [6.07, 6.45) is 1.42. The fourth-order valence-corrected chi connectivity index (χ4v) is 2.33. The lowest BCUT2D eigenvalue weighted by molar-refractivity contribution is -0.384. The molecule has 2 aromatic carbocycles. The van der Waals surface area contributed by atoms with Gasteiger partial charge >= 0.3 is 5.97 Å². The van der Waals surface area contributed by atoms with E-state index in [9.17, 15) is 14.9 Å². The number of cyclic esters (lactones) is 1. The molecule has 0 radical (unpaired) electrons. The van der Waals surface area contributed by atoms with Crippen LogP contribution in [0.4, 0.5) is 5.69 Å². The van der Waals surface area contributed by atoms with Gasteiger partial charge in [-0.1, -0.05) is 35.4 Å². The largest absolute Gasteiger partial charge is 0.402 e. The van der Waals surface area contributed by atoms with Crippen LogP contribution in [-0.4, -0.2) is 16.8 Å². The highest BCUT2D eigenvalue weighted by molar-refractivity contribution is 6.32. The van der Waals surface area contributed by atoms with Crippen molar-refractivity contribution in [1.29, 1.82) is 0 Å². The number of rotatable bonds is 3. The molecule has 0 bridgehead atoms. The SMILES string of the molecule is Cc1ccc(C2=N/C(=C\c3ccc(Cl)c([N+](=O)[O-])c3)C(=O)O2)cc1. The first-order valence-corrected chi connectivity index (χ1v) is 7.35. The highest BCUT2D eigenvalue weighted by Gasteiger charge is 2.24. The topological polar surface area (TPSA) is 81.8 Å². The van der Waals surface area contributed by atoms with Gasteiger partial charge in [0, 0.05) is 11.6 Å². The number of nitro benzene ring substituents is 1. The van der Waals surface area contributed by atoms with E-state index in [2.05, 4.69) is 4.99 Å². The third-order valence-corrected chi connectivity index (χ3v) is 3.71. The summed E-state index contributed by atoms with van der Waals surface area (Å²) < 4.78 is 5.16. The van der Waals surface area contributed by atoms with Crippen LogP contribution >= 0.6 is 11.6 Å². The Kier molecular flexibility index (Phi) is 4.14. The maximum atomic E-state index is 12.0. The van der Waals surface area contributed by atoms with Crippen molar-refractivity contribution < 1.29 is 14.5 Å². The molecule has 0 aliphatic carbocycles. The molecule has 0 N–H and O–H groups in total. The number of hydrogen-bond acceptors (Lipinski definition) is 5. The Morgan fingerprint density at radius 2 is 1.92 bits per heavy atom. The quantitative estimate of drug-likeness (QED) is 0.366. The molecule has 0 fully saturated rings. The summed E-state index contributed by atoms with van der Waals surface area (Å²) in [6.45, 7) is 1.95. The van der Waals surface area contributed by atoms with E-state index in [1.807, 2.05) is 19.1 Å². The van der Waals surface area contributed by atoms with Gasteiger partial charge in [-0.25, -0.2) is 9.79 Å². The average Bonchev–Trinajstić information content (AvgIpc) is 2.90. The lowest BCUT2D eigenvalue weighted by Gasteiger charge is -1.99. The van der Waals surface area contributed by atoms with E-state index in [0.29, 0.717) is 11.1 Å². The number of nitrogens with zero attached hydrogens (tertiary/aromatic N) is 2. The number of hydrogen-bond donors (Lipinski definition) is 0. The van der Waals surface area contributed by atoms with Gasteiger partial charge in [-0.3, -0.25) is 10.1 Å². The van der Waals surface area contributed by atoms with E-state index in [0.717, 1.165) is 5.56 Å². The van der Waals surface area contributed by atoms with Gasteiger partial charge in [0.25, 0.3) is 5.69 Å². The van der Waals surface area contributed by atoms with Gasteiger partial charge in [0.2, 0.25) is 5.90 Å². The summed E-state index contributed by atoms with van der Waals surface area (Å²) >= 11 is 5.77. The van der Waals surface area contributed by atoms with Crippen LogP contribution in [0.5, 0.6) is 0 Å². The Morgan fingerprint density at radius 3 is 2.58 bits per heavy atom. The zero-order valence-electron chi connectivity index (χ0n) is 12.5. The average molecular weight is 343 g/mol. The summed E-state index contributed by atoms with van der Waals surface area (Å²) in [5, 5.41) is 10.9. The predicted molar refractivity (Wildman–Crippen MR) is 89.9 cm³/mol. The second-order valence-corrected chi connectivity index (χ2v) is 5.58. The Bertz CT molecular complexity index is 901. The molecule has 3 rings (SSSR count). The summed E-state index contributed by atoms with van der Waals surface area (Å²) in [6, 6.07) is 11.6. The minimum atomic E-state index is -0.608. The lowest BCUT2D eigenvalue weighted by Crippen LogP contribution is -2.05. The smallest absolute Gasteiger partial charge is 0.363 e. The molecule has 0 spiro atoms. The number of aryl methyl sites for hydroxylation is 1. The van der Waals surface area contributed by atoms with E-state index in [4.69, 9.17) is 16.3 Å². The Labute approximate surface area is 142 Å². The highest BCUT2D eigenvalue weighted by atomic mass is 35.5. The molecule has 1 heterocycles. The molecule has 1 aliphatic rings. The predicted octanol–water partition coefficient (Wildman–Crippen LogP) is 3.90. The molecule has 24 heavy (non-hydrogen) atoms. The van der Waals surface area contributed by atoms with Gasteiger partial charge in [0.05, 0.1) is 4.92 Å². The minimum absolute atomic E-state index is 0.0278. The Balaban J connectivity index is 1.95. The van der Waals surface area contributed by atoms with Crippen molar-refractivity contribution in [3.8, 4) is 0 Å². The van der Waals surface area contributed by atoms with Crippen LogP contribution in [0.1, 0.15) is 16.7 Å². The van der Waals surface area contributed by atoms with Crippen LogP contribution < -0.4 is 0 Å². The molecule has 0 amide bonds. The monoisotopic (exact) mass is 342 g/mol. The van der Waals surface area contributed by atoms with Gasteiger partial charge in [0.1, 0.15) is 5.02 Å².